The first-order valence-corrected chi connectivity index (χ1v) is 9.36. The number of rotatable bonds is 1. The molecule has 6 heteroatoms. The molecule has 6 nitrogen and oxygen atoms in total. The number of morpholine rings is 1. The van der Waals surface area contributed by atoms with Gasteiger partial charge in [-0.1, -0.05) is 0 Å². The number of hydrogen-bond donors (Lipinski definition) is 1. The van der Waals surface area contributed by atoms with E-state index in [-0.39, 0.29) is 11.3 Å². The van der Waals surface area contributed by atoms with Crippen LogP contribution in [0.25, 0.3) is 38.1 Å². The van der Waals surface area contributed by atoms with Gasteiger partial charge in [-0.05, 0) is 42.5 Å². The minimum absolute atomic E-state index is 0.0604. The summed E-state index contributed by atoms with van der Waals surface area (Å²) in [6, 6.07) is 13.0. The molecule has 0 unspecified atom stereocenters. The first-order valence-electron chi connectivity index (χ1n) is 9.36. The normalized spacial score (nSPS) is 15.4. The van der Waals surface area contributed by atoms with E-state index >= 15 is 0 Å². The van der Waals surface area contributed by atoms with Gasteiger partial charge in [-0.15, -0.1) is 0 Å². The van der Waals surface area contributed by atoms with E-state index in [4.69, 9.17) is 4.74 Å². The van der Waals surface area contributed by atoms with Crippen LogP contribution in [0, 0.1) is 0 Å². The van der Waals surface area contributed by atoms with E-state index in [1.807, 2.05) is 18.2 Å². The first kappa shape index (κ1) is 15.7. The number of phenolic OH excluding ortho intramolecular Hbond substituents is 1. The Bertz CT molecular complexity index is 1430. The van der Waals surface area contributed by atoms with Gasteiger partial charge in [0.25, 0.3) is 5.56 Å². The average molecular weight is 371 g/mol. The Labute approximate surface area is 159 Å². The molecular formula is C22H17N3O3. The van der Waals surface area contributed by atoms with Crippen LogP contribution < -0.4 is 10.5 Å². The summed E-state index contributed by atoms with van der Waals surface area (Å²) in [6.07, 6.45) is 1.77. The highest BCUT2D eigenvalue weighted by Crippen LogP contribution is 2.35. The van der Waals surface area contributed by atoms with E-state index < -0.39 is 0 Å². The third kappa shape index (κ3) is 2.00. The average Bonchev–Trinajstić information content (AvgIpc) is 3.07. The van der Waals surface area contributed by atoms with Gasteiger partial charge in [-0.2, -0.15) is 0 Å². The number of fused-ring (bicyclic) bond motifs is 5. The van der Waals surface area contributed by atoms with Crippen molar-refractivity contribution in [2.75, 3.05) is 31.2 Å². The van der Waals surface area contributed by atoms with Crippen LogP contribution in [-0.4, -0.2) is 40.8 Å². The van der Waals surface area contributed by atoms with E-state index in [0.717, 1.165) is 51.5 Å². The van der Waals surface area contributed by atoms with Crippen LogP contribution in [-0.2, 0) is 4.74 Å². The summed E-state index contributed by atoms with van der Waals surface area (Å²) in [5.74, 6) is 0.184. The predicted molar refractivity (Wildman–Crippen MR) is 110 cm³/mol. The largest absolute Gasteiger partial charge is 0.508 e. The molecule has 138 valence electrons. The lowest BCUT2D eigenvalue weighted by Gasteiger charge is -2.29. The Hall–Kier alpha value is -3.38. The van der Waals surface area contributed by atoms with Crippen LogP contribution in [0.2, 0.25) is 0 Å². The van der Waals surface area contributed by atoms with Crippen molar-refractivity contribution in [2.45, 2.75) is 0 Å². The van der Waals surface area contributed by atoms with Gasteiger partial charge in [0.1, 0.15) is 5.75 Å². The molecule has 1 N–H and O–H groups in total. The van der Waals surface area contributed by atoms with Crippen molar-refractivity contribution in [3.05, 3.63) is 59.0 Å². The number of hydrogen-bond acceptors (Lipinski definition) is 5. The molecule has 3 aromatic heterocycles. The highest BCUT2D eigenvalue weighted by molar-refractivity contribution is 6.19. The zero-order chi connectivity index (χ0) is 18.8. The molecule has 0 amide bonds. The predicted octanol–water partition coefficient (Wildman–Crippen LogP) is 3.13. The van der Waals surface area contributed by atoms with Crippen molar-refractivity contribution < 1.29 is 9.84 Å². The molecule has 1 aliphatic heterocycles. The number of aromatic nitrogens is 2. The number of pyridine rings is 2. The molecule has 1 fully saturated rings. The zero-order valence-corrected chi connectivity index (χ0v) is 15.1. The van der Waals surface area contributed by atoms with Gasteiger partial charge in [0.2, 0.25) is 0 Å². The SMILES string of the molecule is O=c1c2ccc(N3CCOCC3)cc2c2nccc3c4cc(O)ccc4n1c32. The third-order valence-electron chi connectivity index (χ3n) is 5.73. The quantitative estimate of drug-likeness (QED) is 0.459. The van der Waals surface area contributed by atoms with E-state index in [9.17, 15) is 9.90 Å². The summed E-state index contributed by atoms with van der Waals surface area (Å²) < 4.78 is 7.18. The molecule has 4 heterocycles. The van der Waals surface area contributed by atoms with Crippen molar-refractivity contribution >= 4 is 43.8 Å². The molecule has 0 spiro atoms. The molecule has 5 aromatic rings. The van der Waals surface area contributed by atoms with Crippen molar-refractivity contribution in [1.29, 1.82) is 0 Å². The fraction of sp³-hybridized carbons (Fsp3) is 0.182. The van der Waals surface area contributed by atoms with Crippen molar-refractivity contribution in [2.24, 2.45) is 0 Å². The molecular weight excluding hydrogens is 354 g/mol. The second kappa shape index (κ2) is 5.56. The lowest BCUT2D eigenvalue weighted by Crippen LogP contribution is -2.36. The van der Waals surface area contributed by atoms with Crippen LogP contribution in [0.1, 0.15) is 0 Å². The fourth-order valence-electron chi connectivity index (χ4n) is 4.41. The summed E-state index contributed by atoms with van der Waals surface area (Å²) in [5, 5.41) is 13.2. The molecule has 28 heavy (non-hydrogen) atoms. The Balaban J connectivity index is 1.77. The van der Waals surface area contributed by atoms with Gasteiger partial charge < -0.3 is 14.7 Å². The maximum Gasteiger partial charge on any atom is 0.263 e. The van der Waals surface area contributed by atoms with Gasteiger partial charge in [-0.25, -0.2) is 0 Å². The lowest BCUT2D eigenvalue weighted by molar-refractivity contribution is 0.122. The second-order valence-corrected chi connectivity index (χ2v) is 7.23. The second-order valence-electron chi connectivity index (χ2n) is 7.23. The van der Waals surface area contributed by atoms with Gasteiger partial charge >= 0.3 is 0 Å². The summed E-state index contributed by atoms with van der Waals surface area (Å²) >= 11 is 0. The van der Waals surface area contributed by atoms with E-state index in [1.165, 1.54) is 0 Å². The van der Waals surface area contributed by atoms with Crippen LogP contribution >= 0.6 is 0 Å². The minimum Gasteiger partial charge on any atom is -0.508 e. The highest BCUT2D eigenvalue weighted by Gasteiger charge is 2.19. The molecule has 6 rings (SSSR count). The monoisotopic (exact) mass is 371 g/mol. The Kier molecular flexibility index (Phi) is 3.11. The number of phenols is 1. The van der Waals surface area contributed by atoms with E-state index in [0.29, 0.717) is 18.6 Å². The van der Waals surface area contributed by atoms with Gasteiger partial charge in [0, 0.05) is 46.5 Å². The number of anilines is 1. The number of benzene rings is 2. The van der Waals surface area contributed by atoms with E-state index in [2.05, 4.69) is 16.0 Å². The summed E-state index contributed by atoms with van der Waals surface area (Å²) in [6.45, 7) is 3.09. The van der Waals surface area contributed by atoms with Crippen molar-refractivity contribution in [3.8, 4) is 5.75 Å². The summed E-state index contributed by atoms with van der Waals surface area (Å²) in [5.41, 5.74) is 3.41. The van der Waals surface area contributed by atoms with E-state index in [1.54, 1.807) is 28.8 Å². The zero-order valence-electron chi connectivity index (χ0n) is 15.1. The van der Waals surface area contributed by atoms with Crippen LogP contribution in [0.5, 0.6) is 5.75 Å². The highest BCUT2D eigenvalue weighted by atomic mass is 16.5. The molecule has 0 saturated carbocycles. The van der Waals surface area contributed by atoms with Gasteiger partial charge in [-0.3, -0.25) is 14.2 Å². The molecule has 0 atom stereocenters. The minimum atomic E-state index is -0.0604. The Morgan fingerprint density at radius 1 is 0.929 bits per heavy atom. The Morgan fingerprint density at radius 2 is 1.79 bits per heavy atom. The topological polar surface area (TPSA) is 67.1 Å². The van der Waals surface area contributed by atoms with Crippen LogP contribution in [0.3, 0.4) is 0 Å². The smallest absolute Gasteiger partial charge is 0.263 e. The maximum atomic E-state index is 13.4. The third-order valence-corrected chi connectivity index (χ3v) is 5.73. The molecule has 1 saturated heterocycles. The van der Waals surface area contributed by atoms with Gasteiger partial charge in [0.05, 0.1) is 29.8 Å². The molecule has 0 bridgehead atoms. The summed E-state index contributed by atoms with van der Waals surface area (Å²) in [4.78, 5) is 20.3. The van der Waals surface area contributed by atoms with Crippen molar-refractivity contribution in [1.82, 2.24) is 9.38 Å². The molecule has 2 aromatic carbocycles. The fourth-order valence-corrected chi connectivity index (χ4v) is 4.41. The van der Waals surface area contributed by atoms with Crippen LogP contribution in [0.15, 0.2) is 53.5 Å². The van der Waals surface area contributed by atoms with Crippen LogP contribution in [0.4, 0.5) is 5.69 Å². The molecule has 0 aliphatic carbocycles. The number of ether oxygens (including phenoxy) is 1. The molecule has 1 aliphatic rings. The Morgan fingerprint density at radius 3 is 2.64 bits per heavy atom. The standard InChI is InChI=1S/C22H17N3O3/c26-14-2-4-19-17(12-14)15-5-6-23-20-18-11-13(24-7-9-28-10-8-24)1-3-16(18)22(27)25(19)21(15)20/h1-6,11-12,26H,7-10H2. The maximum absolute atomic E-state index is 13.4. The summed E-state index contributed by atoms with van der Waals surface area (Å²) in [7, 11) is 0. The number of aromatic hydroxyl groups is 1. The van der Waals surface area contributed by atoms with Gasteiger partial charge in [0.15, 0.2) is 0 Å². The van der Waals surface area contributed by atoms with Crippen molar-refractivity contribution in [3.63, 3.8) is 0 Å². The molecule has 0 radical (unpaired) electrons. The lowest BCUT2D eigenvalue weighted by atomic mass is 10.1. The first-order chi connectivity index (χ1) is 13.7. The number of nitrogens with zero attached hydrogens (tertiary/aromatic N) is 3.